The molecule has 0 aliphatic carbocycles. The van der Waals surface area contributed by atoms with E-state index in [1.54, 1.807) is 13.1 Å². The monoisotopic (exact) mass is 259 g/mol. The maximum atomic E-state index is 9.10. The summed E-state index contributed by atoms with van der Waals surface area (Å²) in [5, 5.41) is 12.1. The van der Waals surface area contributed by atoms with Crippen LogP contribution in [0.3, 0.4) is 0 Å². The van der Waals surface area contributed by atoms with Crippen LogP contribution in [-0.4, -0.2) is 22.7 Å². The van der Waals surface area contributed by atoms with Crippen molar-refractivity contribution < 1.29 is 5.11 Å². The lowest BCUT2D eigenvalue weighted by Crippen LogP contribution is -2.16. The van der Waals surface area contributed by atoms with E-state index < -0.39 is 6.10 Å². The molecule has 1 unspecified atom stereocenters. The first kappa shape index (κ1) is 11.3. The first-order valence-electron chi connectivity index (χ1n) is 4.35. The maximum Gasteiger partial charge on any atom is 0.140 e. The van der Waals surface area contributed by atoms with Gasteiger partial charge >= 0.3 is 0 Å². The van der Waals surface area contributed by atoms with E-state index in [1.165, 1.54) is 0 Å². The van der Waals surface area contributed by atoms with E-state index in [0.717, 1.165) is 10.0 Å². The van der Waals surface area contributed by atoms with Crippen LogP contribution in [0.2, 0.25) is 0 Å². The van der Waals surface area contributed by atoms with E-state index >= 15 is 0 Å². The molecule has 1 aromatic heterocycles. The second kappa shape index (κ2) is 4.61. The molecule has 0 aromatic carbocycles. The minimum absolute atomic E-state index is 0.401. The van der Waals surface area contributed by atoms with Gasteiger partial charge in [-0.2, -0.15) is 0 Å². The van der Waals surface area contributed by atoms with Crippen LogP contribution in [0.4, 0.5) is 11.5 Å². The highest BCUT2D eigenvalue weighted by molar-refractivity contribution is 9.10. The fourth-order valence-electron chi connectivity index (χ4n) is 0.960. The molecule has 0 saturated carbocycles. The average Bonchev–Trinajstić information content (AvgIpc) is 2.13. The summed E-state index contributed by atoms with van der Waals surface area (Å²) >= 11 is 3.39. The van der Waals surface area contributed by atoms with E-state index in [9.17, 15) is 0 Å². The van der Waals surface area contributed by atoms with Crippen LogP contribution in [0.25, 0.3) is 0 Å². The van der Waals surface area contributed by atoms with Gasteiger partial charge in [0.25, 0.3) is 0 Å². The quantitative estimate of drug-likeness (QED) is 0.770. The molecule has 1 rings (SSSR count). The number of nitrogens with one attached hydrogen (secondary N) is 1. The molecule has 5 heteroatoms. The Labute approximate surface area is 91.7 Å². The van der Waals surface area contributed by atoms with Crippen LogP contribution in [0, 0.1) is 6.92 Å². The first-order valence-corrected chi connectivity index (χ1v) is 5.14. The van der Waals surface area contributed by atoms with Crippen molar-refractivity contribution in [2.24, 2.45) is 0 Å². The molecule has 0 fully saturated rings. The van der Waals surface area contributed by atoms with Gasteiger partial charge in [0.1, 0.15) is 5.82 Å². The topological polar surface area (TPSA) is 71.2 Å². The van der Waals surface area contributed by atoms with Crippen molar-refractivity contribution >= 4 is 27.4 Å². The number of nitrogen functional groups attached to an aromatic ring is 1. The van der Waals surface area contributed by atoms with Crippen LogP contribution in [0.15, 0.2) is 10.7 Å². The van der Waals surface area contributed by atoms with Crippen molar-refractivity contribution in [3.63, 3.8) is 0 Å². The largest absolute Gasteiger partial charge is 0.397 e. The van der Waals surface area contributed by atoms with E-state index in [4.69, 9.17) is 10.8 Å². The molecule has 0 amide bonds. The van der Waals surface area contributed by atoms with Gasteiger partial charge in [-0.1, -0.05) is 0 Å². The molecule has 1 aromatic rings. The Kier molecular flexibility index (Phi) is 3.71. The number of nitrogens with two attached hydrogens (primary N) is 1. The highest BCUT2D eigenvalue weighted by Crippen LogP contribution is 2.27. The highest BCUT2D eigenvalue weighted by Gasteiger charge is 2.07. The fourth-order valence-corrected chi connectivity index (χ4v) is 1.43. The molecule has 4 nitrogen and oxygen atoms in total. The van der Waals surface area contributed by atoms with Crippen molar-refractivity contribution in [1.82, 2.24) is 4.98 Å². The third-order valence-electron chi connectivity index (χ3n) is 1.87. The Morgan fingerprint density at radius 1 is 1.71 bits per heavy atom. The standard InChI is InChI=1S/C9H14BrN3O/c1-5(14)3-12-9-8(10)6(2)7(11)4-13-9/h4-5,14H,3,11H2,1-2H3,(H,12,13). The second-order valence-electron chi connectivity index (χ2n) is 3.23. The van der Waals surface area contributed by atoms with Crippen LogP contribution >= 0.6 is 15.9 Å². The van der Waals surface area contributed by atoms with Gasteiger partial charge in [-0.05, 0) is 35.3 Å². The summed E-state index contributed by atoms with van der Waals surface area (Å²) in [5.41, 5.74) is 7.28. The lowest BCUT2D eigenvalue weighted by molar-refractivity contribution is 0.208. The number of hydrogen-bond acceptors (Lipinski definition) is 4. The van der Waals surface area contributed by atoms with Crippen molar-refractivity contribution in [2.45, 2.75) is 20.0 Å². The van der Waals surface area contributed by atoms with Gasteiger partial charge in [-0.15, -0.1) is 0 Å². The molecule has 1 atom stereocenters. The number of pyridine rings is 1. The minimum Gasteiger partial charge on any atom is -0.397 e. The third kappa shape index (κ3) is 2.59. The molecule has 0 aliphatic rings. The summed E-state index contributed by atoms with van der Waals surface area (Å²) in [5.74, 6) is 0.706. The summed E-state index contributed by atoms with van der Waals surface area (Å²) in [6.45, 7) is 4.09. The van der Waals surface area contributed by atoms with E-state index in [0.29, 0.717) is 18.1 Å². The first-order chi connectivity index (χ1) is 6.52. The Morgan fingerprint density at radius 2 is 2.36 bits per heavy atom. The maximum absolute atomic E-state index is 9.10. The van der Waals surface area contributed by atoms with Gasteiger partial charge < -0.3 is 16.2 Å². The zero-order chi connectivity index (χ0) is 10.7. The number of rotatable bonds is 3. The Bertz CT molecular complexity index is 328. The molecule has 14 heavy (non-hydrogen) atoms. The predicted octanol–water partition coefficient (Wildman–Crippen LogP) is 1.53. The normalized spacial score (nSPS) is 12.6. The summed E-state index contributed by atoms with van der Waals surface area (Å²) in [7, 11) is 0. The molecule has 1 heterocycles. The predicted molar refractivity (Wildman–Crippen MR) is 61.3 cm³/mol. The Morgan fingerprint density at radius 3 is 2.93 bits per heavy atom. The molecule has 78 valence electrons. The van der Waals surface area contributed by atoms with Crippen LogP contribution in [0.5, 0.6) is 0 Å². The van der Waals surface area contributed by atoms with Gasteiger partial charge in [0, 0.05) is 6.54 Å². The highest BCUT2D eigenvalue weighted by atomic mass is 79.9. The molecular weight excluding hydrogens is 246 g/mol. The number of anilines is 2. The number of aliphatic hydroxyl groups excluding tert-OH is 1. The summed E-state index contributed by atoms with van der Waals surface area (Å²) in [4.78, 5) is 4.12. The van der Waals surface area contributed by atoms with Crippen molar-refractivity contribution in [3.05, 3.63) is 16.2 Å². The SMILES string of the molecule is Cc1c(N)cnc(NCC(C)O)c1Br. The van der Waals surface area contributed by atoms with Gasteiger partial charge in [-0.25, -0.2) is 4.98 Å². The fraction of sp³-hybridized carbons (Fsp3) is 0.444. The average molecular weight is 260 g/mol. The van der Waals surface area contributed by atoms with E-state index in [-0.39, 0.29) is 0 Å². The summed E-state index contributed by atoms with van der Waals surface area (Å²) < 4.78 is 0.846. The van der Waals surface area contributed by atoms with Crippen LogP contribution in [-0.2, 0) is 0 Å². The molecule has 0 saturated heterocycles. The lowest BCUT2D eigenvalue weighted by atomic mass is 10.2. The van der Waals surface area contributed by atoms with Gasteiger partial charge in [-0.3, -0.25) is 0 Å². The minimum atomic E-state index is -0.401. The van der Waals surface area contributed by atoms with E-state index in [1.807, 2.05) is 6.92 Å². The third-order valence-corrected chi connectivity index (χ3v) is 2.84. The van der Waals surface area contributed by atoms with Gasteiger partial charge in [0.15, 0.2) is 0 Å². The summed E-state index contributed by atoms with van der Waals surface area (Å²) in [6, 6.07) is 0. The lowest BCUT2D eigenvalue weighted by Gasteiger charge is -2.11. The molecule has 0 radical (unpaired) electrons. The zero-order valence-electron chi connectivity index (χ0n) is 8.21. The van der Waals surface area contributed by atoms with Gasteiger partial charge in [0.05, 0.1) is 22.5 Å². The molecule has 0 aliphatic heterocycles. The van der Waals surface area contributed by atoms with Gasteiger partial charge in [0.2, 0.25) is 0 Å². The number of aromatic nitrogens is 1. The number of halogens is 1. The Balaban J connectivity index is 2.83. The summed E-state index contributed by atoms with van der Waals surface area (Å²) in [6.07, 6.45) is 1.20. The molecular formula is C9H14BrN3O. The number of hydrogen-bond donors (Lipinski definition) is 3. The van der Waals surface area contributed by atoms with Crippen LogP contribution in [0.1, 0.15) is 12.5 Å². The van der Waals surface area contributed by atoms with Crippen molar-refractivity contribution in [2.75, 3.05) is 17.6 Å². The molecule has 0 bridgehead atoms. The Hall–Kier alpha value is -0.810. The molecule has 0 spiro atoms. The second-order valence-corrected chi connectivity index (χ2v) is 4.02. The smallest absolute Gasteiger partial charge is 0.140 e. The number of aliphatic hydroxyl groups is 1. The van der Waals surface area contributed by atoms with E-state index in [2.05, 4.69) is 26.2 Å². The van der Waals surface area contributed by atoms with Crippen molar-refractivity contribution in [3.8, 4) is 0 Å². The zero-order valence-corrected chi connectivity index (χ0v) is 9.80. The van der Waals surface area contributed by atoms with Crippen molar-refractivity contribution in [1.29, 1.82) is 0 Å². The van der Waals surface area contributed by atoms with Crippen LogP contribution < -0.4 is 11.1 Å². The molecule has 4 N–H and O–H groups in total. The number of nitrogens with zero attached hydrogens (tertiary/aromatic N) is 1.